The second-order valence-electron chi connectivity index (χ2n) is 7.11. The molecular formula is C22H30N4O. The molecule has 5 heteroatoms. The van der Waals surface area contributed by atoms with Crippen molar-refractivity contribution < 1.29 is 4.79 Å². The van der Waals surface area contributed by atoms with Gasteiger partial charge in [0.1, 0.15) is 5.82 Å². The number of anilines is 3. The molecule has 0 spiro atoms. The van der Waals surface area contributed by atoms with Crippen LogP contribution in [-0.4, -0.2) is 30.5 Å². The number of nitrogens with one attached hydrogen (secondary N) is 2. The van der Waals surface area contributed by atoms with Gasteiger partial charge in [0.15, 0.2) is 0 Å². The third-order valence-corrected chi connectivity index (χ3v) is 4.95. The van der Waals surface area contributed by atoms with Crippen molar-refractivity contribution in [1.29, 1.82) is 0 Å². The maximum Gasteiger partial charge on any atom is 0.252 e. The van der Waals surface area contributed by atoms with Crippen LogP contribution in [0.2, 0.25) is 0 Å². The quantitative estimate of drug-likeness (QED) is 0.663. The Bertz CT molecular complexity index is 706. The van der Waals surface area contributed by atoms with Crippen LogP contribution < -0.4 is 15.5 Å². The number of nitrogens with zero attached hydrogens (tertiary/aromatic N) is 2. The molecule has 1 fully saturated rings. The minimum absolute atomic E-state index is 0.0592. The number of unbranched alkanes of at least 4 members (excludes halogenated alkanes) is 2. The topological polar surface area (TPSA) is 57.3 Å². The molecule has 1 amide bonds. The smallest absolute Gasteiger partial charge is 0.252 e. The number of aromatic nitrogens is 1. The number of hydrogen-bond acceptors (Lipinski definition) is 4. The van der Waals surface area contributed by atoms with Crippen molar-refractivity contribution in [3.05, 3.63) is 48.2 Å². The van der Waals surface area contributed by atoms with Crippen LogP contribution in [-0.2, 0) is 0 Å². The molecule has 27 heavy (non-hydrogen) atoms. The van der Waals surface area contributed by atoms with E-state index in [1.54, 1.807) is 6.20 Å². The molecular weight excluding hydrogens is 336 g/mol. The summed E-state index contributed by atoms with van der Waals surface area (Å²) in [5.74, 6) is 0.680. The molecule has 0 aliphatic carbocycles. The summed E-state index contributed by atoms with van der Waals surface area (Å²) in [7, 11) is 0. The molecule has 2 aromatic rings. The summed E-state index contributed by atoms with van der Waals surface area (Å²) in [6, 6.07) is 12.1. The van der Waals surface area contributed by atoms with Crippen LogP contribution in [0.3, 0.4) is 0 Å². The van der Waals surface area contributed by atoms with E-state index in [0.29, 0.717) is 5.56 Å². The molecule has 0 bridgehead atoms. The van der Waals surface area contributed by atoms with E-state index in [0.717, 1.165) is 50.4 Å². The molecule has 5 nitrogen and oxygen atoms in total. The van der Waals surface area contributed by atoms with Gasteiger partial charge in [-0.1, -0.05) is 19.8 Å². The summed E-state index contributed by atoms with van der Waals surface area (Å²) in [5, 5.41) is 6.24. The highest BCUT2D eigenvalue weighted by Crippen LogP contribution is 2.23. The van der Waals surface area contributed by atoms with E-state index in [2.05, 4.69) is 51.7 Å². The molecule has 1 aromatic carbocycles. The fraction of sp³-hybridized carbons (Fsp3) is 0.455. The number of rotatable bonds is 8. The van der Waals surface area contributed by atoms with Crippen LogP contribution in [0.25, 0.3) is 0 Å². The van der Waals surface area contributed by atoms with Crippen LogP contribution >= 0.6 is 0 Å². The zero-order valence-corrected chi connectivity index (χ0v) is 16.2. The molecule has 0 radical (unpaired) electrons. The van der Waals surface area contributed by atoms with Gasteiger partial charge in [-0.15, -0.1) is 0 Å². The SMILES string of the molecule is CCCCCNC(=O)c1ccc(Nc2ccc(N3CCCCC3)cc2)nc1. The first-order chi connectivity index (χ1) is 13.3. The lowest BCUT2D eigenvalue weighted by Crippen LogP contribution is -2.29. The molecule has 0 saturated carbocycles. The highest BCUT2D eigenvalue weighted by molar-refractivity contribution is 5.94. The lowest BCUT2D eigenvalue weighted by molar-refractivity contribution is 0.0952. The predicted molar refractivity (Wildman–Crippen MR) is 112 cm³/mol. The second-order valence-corrected chi connectivity index (χ2v) is 7.11. The summed E-state index contributed by atoms with van der Waals surface area (Å²) >= 11 is 0. The minimum atomic E-state index is -0.0592. The Hall–Kier alpha value is -2.56. The van der Waals surface area contributed by atoms with Crippen molar-refractivity contribution >= 4 is 23.1 Å². The van der Waals surface area contributed by atoms with Crippen LogP contribution in [0.4, 0.5) is 17.2 Å². The van der Waals surface area contributed by atoms with Gasteiger partial charge in [-0.3, -0.25) is 4.79 Å². The molecule has 3 rings (SSSR count). The van der Waals surface area contributed by atoms with Gasteiger partial charge < -0.3 is 15.5 Å². The van der Waals surface area contributed by atoms with Crippen LogP contribution in [0.15, 0.2) is 42.6 Å². The Morgan fingerprint density at radius 2 is 1.81 bits per heavy atom. The Kier molecular flexibility index (Phi) is 7.08. The monoisotopic (exact) mass is 366 g/mol. The van der Waals surface area contributed by atoms with Crippen molar-refractivity contribution in [1.82, 2.24) is 10.3 Å². The standard InChI is InChI=1S/C22H30N4O/c1-2-3-5-14-23-22(27)18-8-13-21(24-17-18)25-19-9-11-20(12-10-19)26-15-6-4-7-16-26/h8-13,17H,2-7,14-16H2,1H3,(H,23,27)(H,24,25). The van der Waals surface area contributed by atoms with Gasteiger partial charge in [0.25, 0.3) is 5.91 Å². The van der Waals surface area contributed by atoms with Crippen molar-refractivity contribution in [2.45, 2.75) is 45.4 Å². The van der Waals surface area contributed by atoms with Crippen LogP contribution in [0, 0.1) is 0 Å². The molecule has 2 N–H and O–H groups in total. The molecule has 1 aliphatic heterocycles. The maximum atomic E-state index is 12.1. The van der Waals surface area contributed by atoms with E-state index in [4.69, 9.17) is 0 Å². The van der Waals surface area contributed by atoms with E-state index < -0.39 is 0 Å². The Labute approximate surface area is 162 Å². The van der Waals surface area contributed by atoms with Crippen molar-refractivity contribution in [3.8, 4) is 0 Å². The van der Waals surface area contributed by atoms with Gasteiger partial charge >= 0.3 is 0 Å². The van der Waals surface area contributed by atoms with Gasteiger partial charge in [0, 0.05) is 37.2 Å². The average molecular weight is 367 g/mol. The van der Waals surface area contributed by atoms with Crippen molar-refractivity contribution in [2.75, 3.05) is 29.9 Å². The van der Waals surface area contributed by atoms with E-state index >= 15 is 0 Å². The first-order valence-corrected chi connectivity index (χ1v) is 10.1. The Morgan fingerprint density at radius 3 is 2.48 bits per heavy atom. The fourth-order valence-corrected chi connectivity index (χ4v) is 3.34. The second kappa shape index (κ2) is 9.95. The highest BCUT2D eigenvalue weighted by Gasteiger charge is 2.10. The maximum absolute atomic E-state index is 12.1. The van der Waals surface area contributed by atoms with Gasteiger partial charge in [-0.25, -0.2) is 4.98 Å². The van der Waals surface area contributed by atoms with Gasteiger partial charge in [-0.05, 0) is 62.1 Å². The summed E-state index contributed by atoms with van der Waals surface area (Å²) in [5.41, 5.74) is 2.88. The third kappa shape index (κ3) is 5.71. The van der Waals surface area contributed by atoms with Crippen LogP contribution in [0.5, 0.6) is 0 Å². The van der Waals surface area contributed by atoms with E-state index in [1.165, 1.54) is 24.9 Å². The first-order valence-electron chi connectivity index (χ1n) is 10.1. The van der Waals surface area contributed by atoms with E-state index in [-0.39, 0.29) is 5.91 Å². The number of amides is 1. The number of hydrogen-bond donors (Lipinski definition) is 2. The normalized spacial score (nSPS) is 14.0. The predicted octanol–water partition coefficient (Wildman–Crippen LogP) is 4.74. The van der Waals surface area contributed by atoms with Crippen LogP contribution in [0.1, 0.15) is 55.8 Å². The molecule has 2 heterocycles. The highest BCUT2D eigenvalue weighted by atomic mass is 16.1. The lowest BCUT2D eigenvalue weighted by atomic mass is 10.1. The number of piperidine rings is 1. The van der Waals surface area contributed by atoms with Gasteiger partial charge in [0.2, 0.25) is 0 Å². The summed E-state index contributed by atoms with van der Waals surface area (Å²) in [6.07, 6.45) is 8.83. The number of carbonyl (C=O) groups is 1. The van der Waals surface area contributed by atoms with Crippen molar-refractivity contribution in [2.24, 2.45) is 0 Å². The third-order valence-electron chi connectivity index (χ3n) is 4.95. The molecule has 144 valence electrons. The number of pyridine rings is 1. The van der Waals surface area contributed by atoms with Gasteiger partial charge in [0.05, 0.1) is 5.56 Å². The summed E-state index contributed by atoms with van der Waals surface area (Å²) in [4.78, 5) is 18.9. The summed E-state index contributed by atoms with van der Waals surface area (Å²) < 4.78 is 0. The largest absolute Gasteiger partial charge is 0.372 e. The van der Waals surface area contributed by atoms with E-state index in [1.807, 2.05) is 12.1 Å². The molecule has 0 unspecified atom stereocenters. The molecule has 0 atom stereocenters. The minimum Gasteiger partial charge on any atom is -0.372 e. The van der Waals surface area contributed by atoms with E-state index in [9.17, 15) is 4.79 Å². The summed E-state index contributed by atoms with van der Waals surface area (Å²) in [6.45, 7) is 5.17. The fourth-order valence-electron chi connectivity index (χ4n) is 3.34. The first kappa shape index (κ1) is 19.2. The number of benzene rings is 1. The zero-order valence-electron chi connectivity index (χ0n) is 16.2. The lowest BCUT2D eigenvalue weighted by Gasteiger charge is -2.28. The average Bonchev–Trinajstić information content (AvgIpc) is 2.73. The van der Waals surface area contributed by atoms with Crippen molar-refractivity contribution in [3.63, 3.8) is 0 Å². The Morgan fingerprint density at radius 1 is 1.04 bits per heavy atom. The molecule has 1 aliphatic rings. The number of carbonyl (C=O) groups excluding carboxylic acids is 1. The zero-order chi connectivity index (χ0) is 18.9. The molecule has 1 aromatic heterocycles. The van der Waals surface area contributed by atoms with Gasteiger partial charge in [-0.2, -0.15) is 0 Å². The molecule has 1 saturated heterocycles. The Balaban J connectivity index is 1.52.